The molecule has 2 rings (SSSR count). The van der Waals surface area contributed by atoms with E-state index in [2.05, 4.69) is 0 Å². The summed E-state index contributed by atoms with van der Waals surface area (Å²) in [5.74, 6) is 1.93. The molecule has 7 heteroatoms. The van der Waals surface area contributed by atoms with Crippen molar-refractivity contribution in [2.45, 2.75) is 33.1 Å². The van der Waals surface area contributed by atoms with Crippen molar-refractivity contribution in [1.82, 2.24) is 4.90 Å². The highest BCUT2D eigenvalue weighted by Gasteiger charge is 2.41. The zero-order chi connectivity index (χ0) is 19.8. The van der Waals surface area contributed by atoms with E-state index in [1.807, 2.05) is 19.1 Å². The van der Waals surface area contributed by atoms with Gasteiger partial charge in [0.2, 0.25) is 11.8 Å². The quantitative estimate of drug-likeness (QED) is 0.594. The number of amides is 2. The van der Waals surface area contributed by atoms with Gasteiger partial charge in [-0.2, -0.15) is 11.8 Å². The molecule has 1 saturated heterocycles. The van der Waals surface area contributed by atoms with Crippen LogP contribution in [0.4, 0.5) is 0 Å². The third kappa shape index (κ3) is 6.70. The molecule has 1 aliphatic rings. The second-order valence-corrected chi connectivity index (χ2v) is 8.60. The second kappa shape index (κ2) is 10.9. The first-order chi connectivity index (χ1) is 12.9. The van der Waals surface area contributed by atoms with E-state index in [4.69, 9.17) is 21.4 Å². The van der Waals surface area contributed by atoms with E-state index in [1.165, 1.54) is 11.8 Å². The van der Waals surface area contributed by atoms with Gasteiger partial charge in [-0.3, -0.25) is 14.5 Å². The van der Waals surface area contributed by atoms with E-state index < -0.39 is 0 Å². The monoisotopic (exact) mass is 413 g/mol. The van der Waals surface area contributed by atoms with Crippen LogP contribution in [-0.2, 0) is 9.59 Å². The third-order valence-corrected chi connectivity index (χ3v) is 5.99. The predicted molar refractivity (Wildman–Crippen MR) is 109 cm³/mol. The summed E-state index contributed by atoms with van der Waals surface area (Å²) in [6.45, 7) is 4.38. The normalized spacial score (nSPS) is 19.6. The molecular weight excluding hydrogens is 386 g/mol. The Balaban J connectivity index is 1.93. The molecule has 150 valence electrons. The molecule has 0 radical (unpaired) electrons. The average Bonchev–Trinajstić information content (AvgIpc) is 2.91. The molecule has 0 unspecified atom stereocenters. The van der Waals surface area contributed by atoms with Crippen molar-refractivity contribution in [3.05, 3.63) is 28.8 Å². The number of imide groups is 1. The fraction of sp³-hybridized carbons (Fsp3) is 0.600. The summed E-state index contributed by atoms with van der Waals surface area (Å²) in [6.07, 6.45) is 2.67. The lowest BCUT2D eigenvalue weighted by Crippen LogP contribution is -2.31. The fourth-order valence-corrected chi connectivity index (χ4v) is 4.41. The molecule has 0 aliphatic carbocycles. The van der Waals surface area contributed by atoms with Gasteiger partial charge in [0.25, 0.3) is 0 Å². The van der Waals surface area contributed by atoms with Crippen LogP contribution in [0.15, 0.2) is 18.2 Å². The molecule has 1 aromatic rings. The molecule has 1 aliphatic heterocycles. The minimum atomic E-state index is -0.204. The Labute approximate surface area is 170 Å². The number of carbonyl (C=O) groups excluding carboxylic acids is 2. The zero-order valence-corrected chi connectivity index (χ0v) is 17.5. The summed E-state index contributed by atoms with van der Waals surface area (Å²) in [4.78, 5) is 25.8. The Bertz CT molecular complexity index is 635. The van der Waals surface area contributed by atoms with Gasteiger partial charge in [-0.05, 0) is 49.3 Å². The van der Waals surface area contributed by atoms with Crippen LogP contribution in [0.1, 0.15) is 31.7 Å². The molecule has 27 heavy (non-hydrogen) atoms. The van der Waals surface area contributed by atoms with Crippen molar-refractivity contribution in [1.29, 1.82) is 0 Å². The maximum Gasteiger partial charge on any atom is 0.232 e. The zero-order valence-electron chi connectivity index (χ0n) is 15.9. The highest BCUT2D eigenvalue weighted by molar-refractivity contribution is 7.99. The largest absolute Gasteiger partial charge is 0.493 e. The molecule has 1 fully saturated rings. The number of aryl methyl sites for hydroxylation is 1. The maximum atomic E-state index is 12.6. The second-order valence-electron chi connectivity index (χ2n) is 6.94. The van der Waals surface area contributed by atoms with E-state index >= 15 is 0 Å². The molecule has 1 heterocycles. The maximum absolute atomic E-state index is 12.6. The first-order valence-electron chi connectivity index (χ1n) is 9.33. The molecule has 1 aromatic carbocycles. The molecule has 0 bridgehead atoms. The number of carbonyl (C=O) groups is 2. The van der Waals surface area contributed by atoms with Gasteiger partial charge in [-0.15, -0.1) is 0 Å². The van der Waals surface area contributed by atoms with Crippen molar-refractivity contribution >= 4 is 35.2 Å². The molecule has 0 aromatic heterocycles. The van der Waals surface area contributed by atoms with E-state index in [9.17, 15) is 9.59 Å². The first-order valence-corrected chi connectivity index (χ1v) is 10.9. The lowest BCUT2D eigenvalue weighted by Gasteiger charge is -2.17. The third-order valence-electron chi connectivity index (χ3n) is 4.72. The SMILES string of the molecule is CC(=O)N1C[C@H](COc2cc(C)cc(Cl)c2)[C@@H](CCCCSCCO)C1=O. The van der Waals surface area contributed by atoms with Crippen LogP contribution >= 0.6 is 23.4 Å². The molecular formula is C20H28ClNO4S. The number of rotatable bonds is 10. The summed E-state index contributed by atoms with van der Waals surface area (Å²) in [5.41, 5.74) is 1.02. The minimum absolute atomic E-state index is 0.00853. The smallest absolute Gasteiger partial charge is 0.232 e. The standard InChI is InChI=1S/C20H28ClNO4S/c1-14-9-17(21)11-18(10-14)26-13-16-12-22(15(2)24)20(25)19(16)5-3-4-7-27-8-6-23/h9-11,16,19,23H,3-8,12-13H2,1-2H3/t16-,19-/m1/s1. The highest BCUT2D eigenvalue weighted by atomic mass is 35.5. The van der Waals surface area contributed by atoms with Crippen LogP contribution < -0.4 is 4.74 Å². The van der Waals surface area contributed by atoms with Crippen molar-refractivity contribution in [3.8, 4) is 5.75 Å². The van der Waals surface area contributed by atoms with E-state index in [0.29, 0.717) is 23.9 Å². The number of aliphatic hydroxyl groups is 1. The van der Waals surface area contributed by atoms with Gasteiger partial charge < -0.3 is 9.84 Å². The number of ether oxygens (including phenoxy) is 1. The number of aliphatic hydroxyl groups excluding tert-OH is 1. The van der Waals surface area contributed by atoms with Crippen LogP contribution in [0, 0.1) is 18.8 Å². The van der Waals surface area contributed by atoms with Crippen molar-refractivity contribution in [3.63, 3.8) is 0 Å². The van der Waals surface area contributed by atoms with Gasteiger partial charge in [0, 0.05) is 36.1 Å². The topological polar surface area (TPSA) is 66.8 Å². The molecule has 0 spiro atoms. The number of hydrogen-bond donors (Lipinski definition) is 1. The summed E-state index contributed by atoms with van der Waals surface area (Å²) < 4.78 is 5.91. The van der Waals surface area contributed by atoms with E-state index in [1.54, 1.807) is 17.8 Å². The Kier molecular flexibility index (Phi) is 8.93. The Morgan fingerprint density at radius 2 is 2.11 bits per heavy atom. The minimum Gasteiger partial charge on any atom is -0.493 e. The molecule has 0 saturated carbocycles. The van der Waals surface area contributed by atoms with E-state index in [0.717, 1.165) is 36.3 Å². The van der Waals surface area contributed by atoms with Crippen molar-refractivity contribution < 1.29 is 19.4 Å². The number of unbranched alkanes of at least 4 members (excludes halogenated alkanes) is 1. The lowest BCUT2D eigenvalue weighted by atomic mass is 9.91. The summed E-state index contributed by atoms with van der Waals surface area (Å²) in [5, 5.41) is 9.43. The first kappa shape index (κ1) is 22.1. The highest BCUT2D eigenvalue weighted by Crippen LogP contribution is 2.31. The Hall–Kier alpha value is -1.24. The molecule has 1 N–H and O–H groups in total. The van der Waals surface area contributed by atoms with Gasteiger partial charge in [0.1, 0.15) is 5.75 Å². The van der Waals surface area contributed by atoms with Crippen molar-refractivity contribution in [2.24, 2.45) is 11.8 Å². The number of nitrogens with zero attached hydrogens (tertiary/aromatic N) is 1. The Morgan fingerprint density at radius 3 is 2.78 bits per heavy atom. The van der Waals surface area contributed by atoms with Gasteiger partial charge >= 0.3 is 0 Å². The van der Waals surface area contributed by atoms with Crippen LogP contribution in [0.3, 0.4) is 0 Å². The molecule has 5 nitrogen and oxygen atoms in total. The average molecular weight is 414 g/mol. The molecule has 2 amide bonds. The summed E-state index contributed by atoms with van der Waals surface area (Å²) in [7, 11) is 0. The van der Waals surface area contributed by atoms with Crippen molar-refractivity contribution in [2.75, 3.05) is 31.3 Å². The van der Waals surface area contributed by atoms with E-state index in [-0.39, 0.29) is 30.3 Å². The van der Waals surface area contributed by atoms with Crippen LogP contribution in [-0.4, -0.2) is 53.1 Å². The van der Waals surface area contributed by atoms with Gasteiger partial charge in [0.05, 0.1) is 13.2 Å². The number of likely N-dealkylation sites (tertiary alicyclic amines) is 1. The predicted octanol–water partition coefficient (Wildman–Crippen LogP) is 3.54. The van der Waals surface area contributed by atoms with Crippen LogP contribution in [0.25, 0.3) is 0 Å². The number of halogens is 1. The number of benzene rings is 1. The lowest BCUT2D eigenvalue weighted by molar-refractivity contribution is -0.142. The number of thioether (sulfide) groups is 1. The molecule has 2 atom stereocenters. The number of hydrogen-bond acceptors (Lipinski definition) is 5. The fourth-order valence-electron chi connectivity index (χ4n) is 3.39. The Morgan fingerprint density at radius 1 is 1.33 bits per heavy atom. The van der Waals surface area contributed by atoms with Gasteiger partial charge in [0.15, 0.2) is 0 Å². The van der Waals surface area contributed by atoms with Gasteiger partial charge in [-0.1, -0.05) is 18.0 Å². The summed E-state index contributed by atoms with van der Waals surface area (Å²) in [6, 6.07) is 5.54. The van der Waals surface area contributed by atoms with Crippen LogP contribution in [0.5, 0.6) is 5.75 Å². The van der Waals surface area contributed by atoms with Gasteiger partial charge in [-0.25, -0.2) is 0 Å². The van der Waals surface area contributed by atoms with Crippen LogP contribution in [0.2, 0.25) is 5.02 Å². The summed E-state index contributed by atoms with van der Waals surface area (Å²) >= 11 is 7.79.